The van der Waals surface area contributed by atoms with E-state index in [1.165, 1.54) is 0 Å². The van der Waals surface area contributed by atoms with Crippen molar-refractivity contribution in [3.8, 4) is 0 Å². The van der Waals surface area contributed by atoms with E-state index >= 15 is 0 Å². The predicted molar refractivity (Wildman–Crippen MR) is 102 cm³/mol. The molecule has 2 aliphatic heterocycles. The van der Waals surface area contributed by atoms with Gasteiger partial charge in [0.2, 0.25) is 5.89 Å². The Morgan fingerprint density at radius 2 is 2.07 bits per heavy atom. The molecule has 7 nitrogen and oxygen atoms in total. The van der Waals surface area contributed by atoms with Crippen LogP contribution in [0.1, 0.15) is 58.3 Å². The molecule has 9 heteroatoms. The van der Waals surface area contributed by atoms with Gasteiger partial charge in [-0.1, -0.05) is 6.92 Å². The van der Waals surface area contributed by atoms with Crippen LogP contribution >= 0.6 is 0 Å². The highest BCUT2D eigenvalue weighted by Gasteiger charge is 2.46. The molecule has 0 aliphatic carbocycles. The molecule has 1 aromatic rings. The lowest BCUT2D eigenvalue weighted by molar-refractivity contribution is -0.187. The molecule has 0 aromatic carbocycles. The van der Waals surface area contributed by atoms with Gasteiger partial charge in [0.25, 0.3) is 6.43 Å². The largest absolute Gasteiger partial charge is 0.444 e. The number of morpholine rings is 1. The average molecular weight is 415 g/mol. The third kappa shape index (κ3) is 5.66. The molecule has 2 saturated heterocycles. The summed E-state index contributed by atoms with van der Waals surface area (Å²) in [6.45, 7) is 8.74. The second kappa shape index (κ2) is 8.55. The lowest BCUT2D eigenvalue weighted by Gasteiger charge is -2.49. The molecule has 2 aliphatic rings. The number of aryl methyl sites for hydroxylation is 1. The van der Waals surface area contributed by atoms with Gasteiger partial charge in [-0.05, 0) is 33.6 Å². The fourth-order valence-corrected chi connectivity index (χ4v) is 3.88. The van der Waals surface area contributed by atoms with Crippen LogP contribution in [0.4, 0.5) is 13.6 Å². The van der Waals surface area contributed by atoms with Gasteiger partial charge < -0.3 is 18.8 Å². The number of hydrogen-bond donors (Lipinski definition) is 0. The summed E-state index contributed by atoms with van der Waals surface area (Å²) < 4.78 is 43.8. The van der Waals surface area contributed by atoms with Crippen molar-refractivity contribution >= 4 is 6.09 Å². The Hall–Kier alpha value is -1.74. The van der Waals surface area contributed by atoms with Crippen LogP contribution < -0.4 is 0 Å². The van der Waals surface area contributed by atoms with E-state index in [1.54, 1.807) is 16.0 Å². The van der Waals surface area contributed by atoms with E-state index in [1.807, 2.05) is 27.7 Å². The second-order valence-electron chi connectivity index (χ2n) is 8.86. The Morgan fingerprint density at radius 1 is 1.38 bits per heavy atom. The number of aromatic nitrogens is 1. The number of alkyl halides is 2. The van der Waals surface area contributed by atoms with Gasteiger partial charge in [0.05, 0.1) is 18.3 Å². The smallest absolute Gasteiger partial charge is 0.410 e. The molecule has 3 heterocycles. The normalized spacial score (nSPS) is 23.0. The third-order valence-corrected chi connectivity index (χ3v) is 5.25. The fourth-order valence-electron chi connectivity index (χ4n) is 3.88. The molecule has 1 atom stereocenters. The average Bonchev–Trinajstić information content (AvgIpc) is 3.09. The van der Waals surface area contributed by atoms with Crippen molar-refractivity contribution in [1.29, 1.82) is 0 Å². The van der Waals surface area contributed by atoms with Crippen molar-refractivity contribution in [3.63, 3.8) is 0 Å². The SMILES string of the molecule is CCc1cnc(C2CN(CC(F)F)CC3(CCN(C(=O)OC(C)(C)C)CC3)O2)o1. The van der Waals surface area contributed by atoms with Crippen LogP contribution in [-0.2, 0) is 15.9 Å². The number of carbonyl (C=O) groups is 1. The van der Waals surface area contributed by atoms with Gasteiger partial charge in [-0.15, -0.1) is 0 Å². The number of ether oxygens (including phenoxy) is 2. The Kier molecular flexibility index (Phi) is 6.48. The van der Waals surface area contributed by atoms with Gasteiger partial charge in [0.1, 0.15) is 17.5 Å². The third-order valence-electron chi connectivity index (χ3n) is 5.25. The molecule has 3 rings (SSSR count). The lowest BCUT2D eigenvalue weighted by atomic mass is 9.88. The monoisotopic (exact) mass is 415 g/mol. The number of likely N-dealkylation sites (tertiary alicyclic amines) is 1. The summed E-state index contributed by atoms with van der Waals surface area (Å²) in [5, 5.41) is 0. The number of amides is 1. The number of carbonyl (C=O) groups excluding carboxylic acids is 1. The number of nitrogens with zero attached hydrogens (tertiary/aromatic N) is 3. The zero-order valence-corrected chi connectivity index (χ0v) is 17.6. The number of oxazole rings is 1. The Bertz CT molecular complexity index is 696. The zero-order chi connectivity index (χ0) is 21.2. The van der Waals surface area contributed by atoms with Crippen LogP contribution in [0.5, 0.6) is 0 Å². The minimum absolute atomic E-state index is 0.311. The van der Waals surface area contributed by atoms with Crippen LogP contribution in [0, 0.1) is 0 Å². The maximum atomic E-state index is 13.1. The van der Waals surface area contributed by atoms with Crippen molar-refractivity contribution in [2.75, 3.05) is 32.7 Å². The van der Waals surface area contributed by atoms with Gasteiger partial charge in [-0.25, -0.2) is 18.6 Å². The highest BCUT2D eigenvalue weighted by molar-refractivity contribution is 5.68. The van der Waals surface area contributed by atoms with E-state index < -0.39 is 23.7 Å². The van der Waals surface area contributed by atoms with Gasteiger partial charge in [-0.2, -0.15) is 0 Å². The van der Waals surface area contributed by atoms with Crippen molar-refractivity contribution in [2.24, 2.45) is 0 Å². The Morgan fingerprint density at radius 3 is 2.62 bits per heavy atom. The van der Waals surface area contributed by atoms with E-state index in [4.69, 9.17) is 13.9 Å². The topological polar surface area (TPSA) is 68.0 Å². The van der Waals surface area contributed by atoms with E-state index in [2.05, 4.69) is 4.98 Å². The molecular weight excluding hydrogens is 384 g/mol. The first-order valence-electron chi connectivity index (χ1n) is 10.2. The van der Waals surface area contributed by atoms with E-state index in [0.29, 0.717) is 51.3 Å². The van der Waals surface area contributed by atoms with Crippen LogP contribution in [0.25, 0.3) is 0 Å². The lowest BCUT2D eigenvalue weighted by Crippen LogP contribution is -2.59. The maximum absolute atomic E-state index is 13.1. The summed E-state index contributed by atoms with van der Waals surface area (Å²) in [4.78, 5) is 20.0. The molecule has 1 amide bonds. The second-order valence-corrected chi connectivity index (χ2v) is 8.86. The first-order chi connectivity index (χ1) is 13.6. The summed E-state index contributed by atoms with van der Waals surface area (Å²) in [5.41, 5.74) is -1.17. The Labute approximate surface area is 170 Å². The highest BCUT2D eigenvalue weighted by Crippen LogP contribution is 2.38. The quantitative estimate of drug-likeness (QED) is 0.748. The molecule has 1 unspecified atom stereocenters. The first-order valence-corrected chi connectivity index (χ1v) is 10.2. The van der Waals surface area contributed by atoms with Crippen molar-refractivity contribution < 1.29 is 27.5 Å². The fraction of sp³-hybridized carbons (Fsp3) is 0.800. The summed E-state index contributed by atoms with van der Waals surface area (Å²) >= 11 is 0. The van der Waals surface area contributed by atoms with Crippen LogP contribution in [0.2, 0.25) is 0 Å². The molecule has 2 fully saturated rings. The first kappa shape index (κ1) is 22.0. The summed E-state index contributed by atoms with van der Waals surface area (Å²) in [5.74, 6) is 1.16. The Balaban J connectivity index is 1.70. The molecular formula is C20H31F2N3O4. The summed E-state index contributed by atoms with van der Waals surface area (Å²) in [7, 11) is 0. The zero-order valence-electron chi connectivity index (χ0n) is 17.6. The van der Waals surface area contributed by atoms with E-state index in [9.17, 15) is 13.6 Å². The van der Waals surface area contributed by atoms with Crippen LogP contribution in [0.15, 0.2) is 10.6 Å². The van der Waals surface area contributed by atoms with Gasteiger partial charge in [0, 0.05) is 32.6 Å². The van der Waals surface area contributed by atoms with Crippen molar-refractivity contribution in [2.45, 2.75) is 70.7 Å². The summed E-state index contributed by atoms with van der Waals surface area (Å²) in [6, 6.07) is 0. The molecule has 29 heavy (non-hydrogen) atoms. The minimum Gasteiger partial charge on any atom is -0.444 e. The number of rotatable bonds is 4. The molecule has 0 N–H and O–H groups in total. The van der Waals surface area contributed by atoms with E-state index in [0.717, 1.165) is 5.76 Å². The van der Waals surface area contributed by atoms with E-state index in [-0.39, 0.29) is 12.6 Å². The summed E-state index contributed by atoms with van der Waals surface area (Å²) in [6.07, 6.45) is 0.163. The number of halogens is 2. The standard InChI is InChI=1S/C20H31F2N3O4/c1-5-14-10-23-17(27-14)15-11-24(12-16(21)22)13-20(28-15)6-8-25(9-7-20)18(26)29-19(2,3)4/h10,15-16H,5-9,11-13H2,1-4H3. The minimum atomic E-state index is -2.43. The highest BCUT2D eigenvalue weighted by atomic mass is 19.3. The van der Waals surface area contributed by atoms with Gasteiger partial charge in [0.15, 0.2) is 0 Å². The van der Waals surface area contributed by atoms with Gasteiger partial charge in [-0.3, -0.25) is 4.90 Å². The molecule has 0 bridgehead atoms. The number of piperidine rings is 1. The molecule has 0 radical (unpaired) electrons. The predicted octanol–water partition coefficient (Wildman–Crippen LogP) is 3.65. The van der Waals surface area contributed by atoms with Crippen LogP contribution in [-0.4, -0.2) is 71.2 Å². The molecule has 1 aromatic heterocycles. The number of hydrogen-bond acceptors (Lipinski definition) is 6. The van der Waals surface area contributed by atoms with Crippen molar-refractivity contribution in [3.05, 3.63) is 17.8 Å². The van der Waals surface area contributed by atoms with Gasteiger partial charge >= 0.3 is 6.09 Å². The van der Waals surface area contributed by atoms with Crippen molar-refractivity contribution in [1.82, 2.24) is 14.8 Å². The molecule has 164 valence electrons. The molecule has 0 saturated carbocycles. The molecule has 1 spiro atoms. The maximum Gasteiger partial charge on any atom is 0.410 e. The van der Waals surface area contributed by atoms with Crippen LogP contribution in [0.3, 0.4) is 0 Å².